The number of carbonyl (C=O) groups is 1. The Labute approximate surface area is 269 Å². The van der Waals surface area contributed by atoms with E-state index in [0.717, 1.165) is 27.7 Å². The average Bonchev–Trinajstić information content (AvgIpc) is 3.48. The number of rotatable bonds is 12. The van der Waals surface area contributed by atoms with E-state index < -0.39 is 9.84 Å². The van der Waals surface area contributed by atoms with E-state index in [-0.39, 0.29) is 17.1 Å². The third kappa shape index (κ3) is 8.92. The Kier molecular flexibility index (Phi) is 9.74. The van der Waals surface area contributed by atoms with Gasteiger partial charge in [-0.15, -0.1) is 0 Å². The van der Waals surface area contributed by atoms with Crippen molar-refractivity contribution in [3.63, 3.8) is 0 Å². The molecule has 0 aliphatic heterocycles. The number of anilines is 2. The Morgan fingerprint density at radius 3 is 2.46 bits per heavy atom. The highest BCUT2D eigenvalue weighted by Gasteiger charge is 2.14. The number of hydrogen-bond acceptors (Lipinski definition) is 9. The summed E-state index contributed by atoms with van der Waals surface area (Å²) in [7, 11) is -3.02. The van der Waals surface area contributed by atoms with Gasteiger partial charge in [0.15, 0.2) is 0 Å². The predicted octanol–water partition coefficient (Wildman–Crippen LogP) is 6.64. The zero-order valence-electron chi connectivity index (χ0n) is 26.7. The molecule has 0 aliphatic carbocycles. The van der Waals surface area contributed by atoms with Gasteiger partial charge in [0, 0.05) is 41.5 Å². The number of nitrogens with zero attached hydrogens (tertiary/aromatic N) is 2. The molecule has 0 saturated carbocycles. The summed E-state index contributed by atoms with van der Waals surface area (Å²) >= 11 is 0. The van der Waals surface area contributed by atoms with Crippen molar-refractivity contribution in [1.29, 1.82) is 0 Å². The molecular weight excluding hydrogens is 602 g/mol. The summed E-state index contributed by atoms with van der Waals surface area (Å²) in [6.45, 7) is 9.57. The number of hydrogen-bond donors (Lipinski definition) is 3. The number of furan rings is 1. The Balaban J connectivity index is 1.25. The van der Waals surface area contributed by atoms with Crippen LogP contribution < -0.4 is 20.7 Å². The summed E-state index contributed by atoms with van der Waals surface area (Å²) in [6.07, 6.45) is 2.74. The standard InChI is InChI=1S/C35H39N5O5S/c1-23-18-26(9-14-31(23)44-27-10-6-24(7-11-27)34(41)37-21-35(2,3)4)40-33-29-19-25(8-13-30(29)38-22-39-33)32-15-12-28(45-32)20-36-16-17-46(5,42)43/h6-15,18-19,22,36H,16-17,20-21H2,1-5H3,(H,37,41)(H,38,39,40). The number of amides is 1. The van der Waals surface area contributed by atoms with Crippen LogP contribution in [0.25, 0.3) is 22.2 Å². The molecule has 5 aromatic rings. The zero-order valence-corrected chi connectivity index (χ0v) is 27.5. The maximum absolute atomic E-state index is 12.5. The lowest BCUT2D eigenvalue weighted by Gasteiger charge is -2.18. The van der Waals surface area contributed by atoms with Crippen molar-refractivity contribution in [2.45, 2.75) is 34.2 Å². The Bertz CT molecular complexity index is 1950. The number of sulfone groups is 1. The molecule has 0 aliphatic rings. The Morgan fingerprint density at radius 2 is 1.74 bits per heavy atom. The minimum Gasteiger partial charge on any atom is -0.460 e. The highest BCUT2D eigenvalue weighted by atomic mass is 32.2. The molecule has 2 aromatic heterocycles. The van der Waals surface area contributed by atoms with Crippen molar-refractivity contribution in [1.82, 2.24) is 20.6 Å². The van der Waals surface area contributed by atoms with E-state index in [0.29, 0.717) is 54.0 Å². The fraction of sp³-hybridized carbons (Fsp3) is 0.286. The lowest BCUT2D eigenvalue weighted by atomic mass is 9.97. The van der Waals surface area contributed by atoms with Crippen LogP contribution in [0, 0.1) is 12.3 Å². The van der Waals surface area contributed by atoms with Gasteiger partial charge in [0.25, 0.3) is 5.91 Å². The van der Waals surface area contributed by atoms with Crippen molar-refractivity contribution in [3.8, 4) is 22.8 Å². The van der Waals surface area contributed by atoms with E-state index in [4.69, 9.17) is 9.15 Å². The number of benzene rings is 3. The number of nitrogens with one attached hydrogen (secondary N) is 3. The van der Waals surface area contributed by atoms with Crippen molar-refractivity contribution >= 4 is 38.2 Å². The maximum Gasteiger partial charge on any atom is 0.251 e. The summed E-state index contributed by atoms with van der Waals surface area (Å²) in [5.74, 6) is 3.34. The molecular formula is C35H39N5O5S. The molecule has 3 aromatic carbocycles. The molecule has 46 heavy (non-hydrogen) atoms. The van der Waals surface area contributed by atoms with E-state index in [1.54, 1.807) is 24.3 Å². The molecule has 0 spiro atoms. The fourth-order valence-corrected chi connectivity index (χ4v) is 5.15. The topological polar surface area (TPSA) is 135 Å². The molecule has 5 rings (SSSR count). The maximum atomic E-state index is 12.5. The van der Waals surface area contributed by atoms with Crippen LogP contribution in [0.4, 0.5) is 11.5 Å². The first-order valence-electron chi connectivity index (χ1n) is 15.0. The van der Waals surface area contributed by atoms with E-state index >= 15 is 0 Å². The second kappa shape index (κ2) is 13.7. The molecule has 0 saturated heterocycles. The number of aromatic nitrogens is 2. The predicted molar refractivity (Wildman–Crippen MR) is 181 cm³/mol. The lowest BCUT2D eigenvalue weighted by molar-refractivity contribution is 0.0939. The van der Waals surface area contributed by atoms with Gasteiger partial charge in [-0.1, -0.05) is 20.8 Å². The molecule has 10 nitrogen and oxygen atoms in total. The minimum atomic E-state index is -3.02. The van der Waals surface area contributed by atoms with Crippen LogP contribution >= 0.6 is 0 Å². The van der Waals surface area contributed by atoms with Gasteiger partial charge in [0.2, 0.25) is 0 Å². The quantitative estimate of drug-likeness (QED) is 0.128. The van der Waals surface area contributed by atoms with Crippen LogP contribution in [0.5, 0.6) is 11.5 Å². The summed E-state index contributed by atoms with van der Waals surface area (Å²) in [5.41, 5.74) is 3.99. The first kappa shape index (κ1) is 32.6. The summed E-state index contributed by atoms with van der Waals surface area (Å²) in [6, 6.07) is 22.5. The molecule has 0 fully saturated rings. The first-order valence-corrected chi connectivity index (χ1v) is 17.1. The largest absolute Gasteiger partial charge is 0.460 e. The smallest absolute Gasteiger partial charge is 0.251 e. The monoisotopic (exact) mass is 641 g/mol. The van der Waals surface area contributed by atoms with E-state index in [2.05, 4.69) is 46.7 Å². The van der Waals surface area contributed by atoms with Crippen LogP contribution in [0.3, 0.4) is 0 Å². The van der Waals surface area contributed by atoms with Gasteiger partial charge in [-0.05, 0) is 90.7 Å². The second-order valence-electron chi connectivity index (χ2n) is 12.5. The van der Waals surface area contributed by atoms with Gasteiger partial charge in [0.05, 0.1) is 17.8 Å². The van der Waals surface area contributed by atoms with Gasteiger partial charge in [-0.3, -0.25) is 4.79 Å². The van der Waals surface area contributed by atoms with Crippen LogP contribution in [0.1, 0.15) is 42.5 Å². The van der Waals surface area contributed by atoms with Crippen molar-refractivity contribution in [2.24, 2.45) is 5.41 Å². The number of ether oxygens (including phenoxy) is 1. The van der Waals surface area contributed by atoms with Crippen molar-refractivity contribution in [2.75, 3.05) is 30.4 Å². The SMILES string of the molecule is Cc1cc(Nc2ncnc3ccc(-c4ccc(CNCCS(C)(=O)=O)o4)cc23)ccc1Oc1ccc(C(=O)NCC(C)(C)C)cc1. The molecule has 240 valence electrons. The Hall–Kier alpha value is -4.74. The van der Waals surface area contributed by atoms with E-state index in [1.165, 1.54) is 12.6 Å². The number of carbonyl (C=O) groups excluding carboxylic acids is 1. The van der Waals surface area contributed by atoms with Crippen LogP contribution in [-0.2, 0) is 16.4 Å². The third-order valence-electron chi connectivity index (χ3n) is 7.09. The number of fused-ring (bicyclic) bond motifs is 1. The fourth-order valence-electron chi connectivity index (χ4n) is 4.63. The normalized spacial score (nSPS) is 11.8. The summed E-state index contributed by atoms with van der Waals surface area (Å²) < 4.78 is 34.8. The first-order chi connectivity index (χ1) is 21.8. The van der Waals surface area contributed by atoms with Gasteiger partial charge in [-0.25, -0.2) is 18.4 Å². The van der Waals surface area contributed by atoms with Crippen LogP contribution in [0.2, 0.25) is 0 Å². The number of aryl methyl sites for hydroxylation is 1. The lowest BCUT2D eigenvalue weighted by Crippen LogP contribution is -2.32. The van der Waals surface area contributed by atoms with Gasteiger partial charge in [0.1, 0.15) is 45.0 Å². The van der Waals surface area contributed by atoms with Gasteiger partial charge in [-0.2, -0.15) is 0 Å². The zero-order chi connectivity index (χ0) is 32.9. The molecule has 0 radical (unpaired) electrons. The van der Waals surface area contributed by atoms with Crippen molar-refractivity contribution < 1.29 is 22.4 Å². The van der Waals surface area contributed by atoms with Crippen LogP contribution in [0.15, 0.2) is 83.5 Å². The third-order valence-corrected chi connectivity index (χ3v) is 8.04. The molecule has 0 atom stereocenters. The average molecular weight is 642 g/mol. The molecule has 1 amide bonds. The molecule has 0 bridgehead atoms. The highest BCUT2D eigenvalue weighted by molar-refractivity contribution is 7.90. The Morgan fingerprint density at radius 1 is 0.957 bits per heavy atom. The summed E-state index contributed by atoms with van der Waals surface area (Å²) in [5, 5.41) is 10.3. The second-order valence-corrected chi connectivity index (χ2v) is 14.8. The highest BCUT2D eigenvalue weighted by Crippen LogP contribution is 2.32. The molecule has 3 N–H and O–H groups in total. The van der Waals surface area contributed by atoms with Crippen LogP contribution in [-0.4, -0.2) is 49.4 Å². The van der Waals surface area contributed by atoms with E-state index in [9.17, 15) is 13.2 Å². The van der Waals surface area contributed by atoms with Crippen molar-refractivity contribution in [3.05, 3.63) is 96.0 Å². The molecule has 0 unspecified atom stereocenters. The summed E-state index contributed by atoms with van der Waals surface area (Å²) in [4.78, 5) is 21.4. The minimum absolute atomic E-state index is 0.00921. The van der Waals surface area contributed by atoms with E-state index in [1.807, 2.05) is 55.5 Å². The molecule has 2 heterocycles. The van der Waals surface area contributed by atoms with Gasteiger partial charge >= 0.3 is 0 Å². The van der Waals surface area contributed by atoms with Gasteiger partial charge < -0.3 is 25.1 Å². The molecule has 11 heteroatoms.